The lowest BCUT2D eigenvalue weighted by Crippen LogP contribution is -1.95. The molecule has 0 radical (unpaired) electrons. The predicted molar refractivity (Wildman–Crippen MR) is 89.1 cm³/mol. The van der Waals surface area contributed by atoms with E-state index in [-0.39, 0.29) is 0 Å². The Hall–Kier alpha value is -2.06. The van der Waals surface area contributed by atoms with E-state index < -0.39 is 0 Å². The summed E-state index contributed by atoms with van der Waals surface area (Å²) in [4.78, 5) is 2.78. The molecule has 0 N–H and O–H groups in total. The second-order valence-corrected chi connectivity index (χ2v) is 6.48. The molecule has 0 amide bonds. The van der Waals surface area contributed by atoms with Crippen LogP contribution in [-0.2, 0) is 13.0 Å². The number of aryl methyl sites for hydroxylation is 1. The topological polar surface area (TPSA) is 9.23 Å². The summed E-state index contributed by atoms with van der Waals surface area (Å²) in [6, 6.07) is 23.0. The molecule has 3 aromatic rings. The van der Waals surface area contributed by atoms with Crippen LogP contribution in [0.1, 0.15) is 20.9 Å². The van der Waals surface area contributed by atoms with Gasteiger partial charge in [-0.2, -0.15) is 0 Å². The molecule has 0 saturated carbocycles. The first-order valence-corrected chi connectivity index (χ1v) is 7.92. The number of ether oxygens (including phenoxy) is 1. The lowest BCUT2D eigenvalue weighted by molar-refractivity contribution is 0.306. The number of hydrogen-bond donors (Lipinski definition) is 0. The van der Waals surface area contributed by atoms with Crippen molar-refractivity contribution in [1.29, 1.82) is 0 Å². The summed E-state index contributed by atoms with van der Waals surface area (Å²) in [5.74, 6) is 0.921. The molecule has 0 saturated heterocycles. The van der Waals surface area contributed by atoms with Crippen LogP contribution in [0.15, 0.2) is 66.7 Å². The highest BCUT2D eigenvalue weighted by Crippen LogP contribution is 2.21. The third-order valence-electron chi connectivity index (χ3n) is 3.35. The lowest BCUT2D eigenvalue weighted by atomic mass is 10.1. The zero-order valence-corrected chi connectivity index (χ0v) is 12.9. The number of benzene rings is 2. The van der Waals surface area contributed by atoms with Gasteiger partial charge in [0.2, 0.25) is 0 Å². The second kappa shape index (κ2) is 6.59. The summed E-state index contributed by atoms with van der Waals surface area (Å²) in [5.41, 5.74) is 2.51. The zero-order valence-electron chi connectivity index (χ0n) is 12.1. The monoisotopic (exact) mass is 294 g/mol. The fourth-order valence-corrected chi connectivity index (χ4v) is 3.15. The molecule has 2 heteroatoms. The molecule has 1 aromatic heterocycles. The third-order valence-corrected chi connectivity index (χ3v) is 4.35. The van der Waals surface area contributed by atoms with Gasteiger partial charge in [0, 0.05) is 16.2 Å². The highest BCUT2D eigenvalue weighted by Gasteiger charge is 2.00. The number of rotatable bonds is 5. The zero-order chi connectivity index (χ0) is 14.5. The third kappa shape index (κ3) is 3.96. The van der Waals surface area contributed by atoms with E-state index >= 15 is 0 Å². The molecule has 0 atom stereocenters. The Morgan fingerprint density at radius 1 is 0.810 bits per heavy atom. The quantitative estimate of drug-likeness (QED) is 0.626. The van der Waals surface area contributed by atoms with Crippen molar-refractivity contribution in [2.45, 2.75) is 20.0 Å². The van der Waals surface area contributed by atoms with Crippen LogP contribution in [0.5, 0.6) is 5.75 Å². The van der Waals surface area contributed by atoms with Gasteiger partial charge in [-0.3, -0.25) is 0 Å². The van der Waals surface area contributed by atoms with Gasteiger partial charge >= 0.3 is 0 Å². The summed E-state index contributed by atoms with van der Waals surface area (Å²) in [6.45, 7) is 2.76. The van der Waals surface area contributed by atoms with Gasteiger partial charge in [0.15, 0.2) is 0 Å². The van der Waals surface area contributed by atoms with E-state index in [1.165, 1.54) is 20.9 Å². The molecule has 3 rings (SSSR count). The van der Waals surface area contributed by atoms with Crippen LogP contribution in [0.3, 0.4) is 0 Å². The summed E-state index contributed by atoms with van der Waals surface area (Å²) in [7, 11) is 0. The van der Waals surface area contributed by atoms with E-state index in [0.29, 0.717) is 6.61 Å². The molecule has 21 heavy (non-hydrogen) atoms. The second-order valence-electron chi connectivity index (χ2n) is 5.11. The standard InChI is InChI=1S/C19H18OS/c1-15-7-12-19(21-15)13-16-8-10-18(11-9-16)20-14-17-5-3-2-4-6-17/h2-12H,13-14H2,1H3. The smallest absolute Gasteiger partial charge is 0.119 e. The summed E-state index contributed by atoms with van der Waals surface area (Å²) < 4.78 is 5.80. The van der Waals surface area contributed by atoms with E-state index in [0.717, 1.165) is 12.2 Å². The minimum absolute atomic E-state index is 0.615. The van der Waals surface area contributed by atoms with Crippen LogP contribution in [0.25, 0.3) is 0 Å². The minimum atomic E-state index is 0.615. The average molecular weight is 294 g/mol. The highest BCUT2D eigenvalue weighted by molar-refractivity contribution is 7.11. The Balaban J connectivity index is 1.59. The largest absolute Gasteiger partial charge is 0.489 e. The molecule has 1 nitrogen and oxygen atoms in total. The molecule has 0 aliphatic heterocycles. The van der Waals surface area contributed by atoms with Gasteiger partial charge < -0.3 is 4.74 Å². The Kier molecular flexibility index (Phi) is 4.37. The van der Waals surface area contributed by atoms with Crippen molar-refractivity contribution in [2.75, 3.05) is 0 Å². The maximum absolute atomic E-state index is 5.80. The lowest BCUT2D eigenvalue weighted by Gasteiger charge is -2.07. The molecule has 0 aliphatic rings. The maximum Gasteiger partial charge on any atom is 0.119 e. The van der Waals surface area contributed by atoms with Crippen molar-refractivity contribution >= 4 is 11.3 Å². The molecule has 1 heterocycles. The van der Waals surface area contributed by atoms with Crippen LogP contribution in [0.4, 0.5) is 0 Å². The van der Waals surface area contributed by atoms with Crippen molar-refractivity contribution in [3.63, 3.8) is 0 Å². The minimum Gasteiger partial charge on any atom is -0.489 e. The Morgan fingerprint density at radius 2 is 1.57 bits per heavy atom. The van der Waals surface area contributed by atoms with Crippen LogP contribution in [0.2, 0.25) is 0 Å². The van der Waals surface area contributed by atoms with Crippen molar-refractivity contribution in [1.82, 2.24) is 0 Å². The summed E-state index contributed by atoms with van der Waals surface area (Å²) >= 11 is 1.86. The first-order valence-electron chi connectivity index (χ1n) is 7.10. The molecular formula is C19H18OS. The normalized spacial score (nSPS) is 10.5. The summed E-state index contributed by atoms with van der Waals surface area (Å²) in [6.07, 6.45) is 0.997. The van der Waals surface area contributed by atoms with Crippen LogP contribution in [-0.4, -0.2) is 0 Å². The van der Waals surface area contributed by atoms with Crippen molar-refractivity contribution in [3.05, 3.63) is 87.6 Å². The molecule has 106 valence electrons. The molecule has 0 unspecified atom stereocenters. The fraction of sp³-hybridized carbons (Fsp3) is 0.158. The van der Waals surface area contributed by atoms with E-state index in [1.54, 1.807) is 0 Å². The highest BCUT2D eigenvalue weighted by atomic mass is 32.1. The first kappa shape index (κ1) is 13.9. The SMILES string of the molecule is Cc1ccc(Cc2ccc(OCc3ccccc3)cc2)s1. The van der Waals surface area contributed by atoms with Gasteiger partial charge in [0.25, 0.3) is 0 Å². The van der Waals surface area contributed by atoms with E-state index in [2.05, 4.69) is 55.5 Å². The molecule has 2 aromatic carbocycles. The fourth-order valence-electron chi connectivity index (χ4n) is 2.23. The van der Waals surface area contributed by atoms with Gasteiger partial charge in [-0.15, -0.1) is 11.3 Å². The first-order chi connectivity index (χ1) is 10.3. The van der Waals surface area contributed by atoms with E-state index in [1.807, 2.05) is 29.5 Å². The number of hydrogen-bond acceptors (Lipinski definition) is 2. The van der Waals surface area contributed by atoms with Crippen molar-refractivity contribution in [2.24, 2.45) is 0 Å². The Bertz CT molecular complexity index is 683. The Labute approximate surface area is 129 Å². The molecule has 0 bridgehead atoms. The molecule has 0 aliphatic carbocycles. The van der Waals surface area contributed by atoms with Crippen molar-refractivity contribution in [3.8, 4) is 5.75 Å². The predicted octanol–water partition coefficient (Wildman–Crippen LogP) is 5.23. The van der Waals surface area contributed by atoms with E-state index in [4.69, 9.17) is 4.74 Å². The van der Waals surface area contributed by atoms with Crippen LogP contribution in [0, 0.1) is 6.92 Å². The van der Waals surface area contributed by atoms with Gasteiger partial charge in [-0.05, 0) is 42.3 Å². The number of thiophene rings is 1. The van der Waals surface area contributed by atoms with Gasteiger partial charge in [-0.25, -0.2) is 0 Å². The average Bonchev–Trinajstić information content (AvgIpc) is 2.93. The van der Waals surface area contributed by atoms with Crippen LogP contribution < -0.4 is 4.74 Å². The van der Waals surface area contributed by atoms with Gasteiger partial charge in [-0.1, -0.05) is 42.5 Å². The maximum atomic E-state index is 5.80. The molecular weight excluding hydrogens is 276 g/mol. The van der Waals surface area contributed by atoms with E-state index in [9.17, 15) is 0 Å². The van der Waals surface area contributed by atoms with Gasteiger partial charge in [0.05, 0.1) is 0 Å². The molecule has 0 fully saturated rings. The van der Waals surface area contributed by atoms with Crippen molar-refractivity contribution < 1.29 is 4.74 Å². The summed E-state index contributed by atoms with van der Waals surface area (Å²) in [5, 5.41) is 0. The van der Waals surface area contributed by atoms with Crippen LogP contribution >= 0.6 is 11.3 Å². The molecule has 0 spiro atoms. The Morgan fingerprint density at radius 3 is 2.24 bits per heavy atom. The van der Waals surface area contributed by atoms with Gasteiger partial charge in [0.1, 0.15) is 12.4 Å².